The van der Waals surface area contributed by atoms with Gasteiger partial charge in [0, 0.05) is 17.3 Å². The average Bonchev–Trinajstić information content (AvgIpc) is 2.86. The van der Waals surface area contributed by atoms with Crippen LogP contribution in [0.25, 0.3) is 5.57 Å². The van der Waals surface area contributed by atoms with Crippen molar-refractivity contribution in [1.82, 2.24) is 0 Å². The lowest BCUT2D eigenvalue weighted by molar-refractivity contribution is -0.112. The van der Waals surface area contributed by atoms with Gasteiger partial charge in [-0.25, -0.2) is 8.42 Å². The molecule has 0 bridgehead atoms. The summed E-state index contributed by atoms with van der Waals surface area (Å²) in [4.78, 5) is 13.2. The third kappa shape index (κ3) is 4.68. The molecule has 0 aromatic heterocycles. The highest BCUT2D eigenvalue weighted by Crippen LogP contribution is 2.45. The predicted octanol–water partition coefficient (Wildman–Crippen LogP) is 5.55. The van der Waals surface area contributed by atoms with Crippen molar-refractivity contribution in [3.63, 3.8) is 0 Å². The number of carbonyl (C=O) groups is 1. The van der Waals surface area contributed by atoms with Crippen LogP contribution in [0.1, 0.15) is 43.4 Å². The molecule has 1 aliphatic rings. The highest BCUT2D eigenvalue weighted by Gasteiger charge is 2.40. The lowest BCUT2D eigenvalue weighted by Gasteiger charge is -2.33. The molecule has 1 N–H and O–H groups in total. The molecule has 4 rings (SSSR count). The largest absolute Gasteiger partial charge is 0.493 e. The zero-order valence-corrected chi connectivity index (χ0v) is 21.8. The standard InChI is InChI=1S/C28H30N2O5S/c1-18(2)21-11-13-22(14-12-21)29-28(31)27-19(3)23-15-25(34-4)26(35-5)16-24(23)30(36(27,32)33)17-20-9-7-6-8-10-20/h6-16,18H,17H2,1-5H3,(H,29,31). The summed E-state index contributed by atoms with van der Waals surface area (Å²) in [5.74, 6) is 0.491. The van der Waals surface area contributed by atoms with E-state index in [9.17, 15) is 13.2 Å². The predicted molar refractivity (Wildman–Crippen MR) is 143 cm³/mol. The number of rotatable bonds is 7. The molecule has 0 radical (unpaired) electrons. The third-order valence-corrected chi connectivity index (χ3v) is 8.19. The van der Waals surface area contributed by atoms with Crippen LogP contribution < -0.4 is 19.1 Å². The smallest absolute Gasteiger partial charge is 0.270 e. The second-order valence-corrected chi connectivity index (χ2v) is 10.7. The Kier molecular flexibility index (Phi) is 7.08. The van der Waals surface area contributed by atoms with Crippen molar-refractivity contribution in [3.05, 3.63) is 88.3 Å². The van der Waals surface area contributed by atoms with Gasteiger partial charge < -0.3 is 14.8 Å². The van der Waals surface area contributed by atoms with Crippen LogP contribution >= 0.6 is 0 Å². The maximum absolute atomic E-state index is 14.0. The molecular formula is C28H30N2O5S. The molecule has 3 aromatic rings. The summed E-state index contributed by atoms with van der Waals surface area (Å²) in [5.41, 5.74) is 3.77. The lowest BCUT2D eigenvalue weighted by atomic mass is 10.0. The first-order chi connectivity index (χ1) is 17.2. The minimum absolute atomic E-state index is 0.0544. The number of sulfonamides is 1. The molecule has 0 fully saturated rings. The van der Waals surface area contributed by atoms with Crippen molar-refractivity contribution in [1.29, 1.82) is 0 Å². The number of hydrogen-bond donors (Lipinski definition) is 1. The Morgan fingerprint density at radius 1 is 0.944 bits per heavy atom. The lowest BCUT2D eigenvalue weighted by Crippen LogP contribution is -2.39. The molecular weight excluding hydrogens is 476 g/mol. The molecule has 1 aliphatic heterocycles. The Labute approximate surface area is 212 Å². The number of hydrogen-bond acceptors (Lipinski definition) is 5. The molecule has 0 atom stereocenters. The first-order valence-corrected chi connectivity index (χ1v) is 13.1. The van der Waals surface area contributed by atoms with Gasteiger partial charge in [-0.15, -0.1) is 0 Å². The summed E-state index contributed by atoms with van der Waals surface area (Å²) in [7, 11) is -1.20. The average molecular weight is 507 g/mol. The summed E-state index contributed by atoms with van der Waals surface area (Å²) in [6.07, 6.45) is 0. The summed E-state index contributed by atoms with van der Waals surface area (Å²) < 4.78 is 40.1. The third-order valence-electron chi connectivity index (χ3n) is 6.27. The maximum Gasteiger partial charge on any atom is 0.270 e. The van der Waals surface area contributed by atoms with Crippen molar-refractivity contribution in [2.75, 3.05) is 23.8 Å². The number of methoxy groups -OCH3 is 2. The van der Waals surface area contributed by atoms with Crippen LogP contribution in [0.3, 0.4) is 0 Å². The van der Waals surface area contributed by atoms with E-state index in [1.54, 1.807) is 31.2 Å². The number of benzene rings is 3. The van der Waals surface area contributed by atoms with E-state index in [0.29, 0.717) is 39.9 Å². The van der Waals surface area contributed by atoms with Crippen molar-refractivity contribution in [2.45, 2.75) is 33.2 Å². The highest BCUT2D eigenvalue weighted by molar-refractivity contribution is 7.97. The minimum atomic E-state index is -4.21. The summed E-state index contributed by atoms with van der Waals surface area (Å²) in [6, 6.07) is 20.0. The Morgan fingerprint density at radius 3 is 2.14 bits per heavy atom. The number of allylic oxidation sites excluding steroid dienone is 1. The SMILES string of the molecule is COc1cc2c(cc1OC)N(Cc1ccccc1)S(=O)(=O)C(C(=O)Nc1ccc(C(C)C)cc1)=C2C. The summed E-state index contributed by atoms with van der Waals surface area (Å²) >= 11 is 0. The van der Waals surface area contributed by atoms with Crippen molar-refractivity contribution < 1.29 is 22.7 Å². The van der Waals surface area contributed by atoms with Gasteiger partial charge in [0.15, 0.2) is 16.4 Å². The number of anilines is 2. The van der Waals surface area contributed by atoms with Gasteiger partial charge in [0.05, 0.1) is 26.5 Å². The first kappa shape index (κ1) is 25.3. The number of ether oxygens (including phenoxy) is 2. The van der Waals surface area contributed by atoms with Crippen LogP contribution in [0.4, 0.5) is 11.4 Å². The van der Waals surface area contributed by atoms with Crippen molar-refractivity contribution >= 4 is 32.9 Å². The molecule has 0 saturated carbocycles. The molecule has 188 valence electrons. The Balaban J connectivity index is 1.83. The van der Waals surface area contributed by atoms with Gasteiger partial charge in [0.2, 0.25) is 0 Å². The van der Waals surface area contributed by atoms with Crippen LogP contribution in [0.2, 0.25) is 0 Å². The normalized spacial score (nSPS) is 14.4. The molecule has 1 heterocycles. The summed E-state index contributed by atoms with van der Waals surface area (Å²) in [6.45, 7) is 5.86. The van der Waals surface area contributed by atoms with Crippen molar-refractivity contribution in [3.8, 4) is 11.5 Å². The number of fused-ring (bicyclic) bond motifs is 1. The van der Waals surface area contributed by atoms with Gasteiger partial charge in [0.25, 0.3) is 15.9 Å². The number of amides is 1. The molecule has 36 heavy (non-hydrogen) atoms. The van der Waals surface area contributed by atoms with Gasteiger partial charge in [-0.05, 0) is 47.7 Å². The zero-order valence-electron chi connectivity index (χ0n) is 21.0. The first-order valence-electron chi connectivity index (χ1n) is 11.6. The second-order valence-electron chi connectivity index (χ2n) is 8.91. The van der Waals surface area contributed by atoms with Gasteiger partial charge >= 0.3 is 0 Å². The maximum atomic E-state index is 14.0. The molecule has 7 nitrogen and oxygen atoms in total. The van der Waals surface area contributed by atoms with E-state index in [1.807, 2.05) is 42.5 Å². The molecule has 0 spiro atoms. The summed E-state index contributed by atoms with van der Waals surface area (Å²) in [5, 5.41) is 2.77. The fourth-order valence-corrected chi connectivity index (χ4v) is 6.01. The Bertz CT molecular complexity index is 1410. The van der Waals surface area contributed by atoms with Gasteiger partial charge in [-0.1, -0.05) is 56.3 Å². The molecule has 3 aromatic carbocycles. The monoisotopic (exact) mass is 506 g/mol. The van der Waals surface area contributed by atoms with E-state index >= 15 is 0 Å². The molecule has 0 saturated heterocycles. The number of nitrogens with zero attached hydrogens (tertiary/aromatic N) is 1. The van der Waals surface area contributed by atoms with E-state index in [2.05, 4.69) is 19.2 Å². The van der Waals surface area contributed by atoms with Crippen molar-refractivity contribution in [2.24, 2.45) is 0 Å². The van der Waals surface area contributed by atoms with Crippen LogP contribution in [0.15, 0.2) is 71.6 Å². The topological polar surface area (TPSA) is 84.9 Å². The van der Waals surface area contributed by atoms with E-state index in [-0.39, 0.29) is 11.4 Å². The van der Waals surface area contributed by atoms with E-state index in [4.69, 9.17) is 9.47 Å². The Hall–Kier alpha value is -3.78. The second kappa shape index (κ2) is 10.1. The fraction of sp³-hybridized carbons (Fsp3) is 0.250. The molecule has 1 amide bonds. The fourth-order valence-electron chi connectivity index (χ4n) is 4.28. The highest BCUT2D eigenvalue weighted by atomic mass is 32.2. The minimum Gasteiger partial charge on any atom is -0.493 e. The Morgan fingerprint density at radius 2 is 1.56 bits per heavy atom. The van der Waals surface area contributed by atoms with Crippen LogP contribution in [-0.4, -0.2) is 28.5 Å². The van der Waals surface area contributed by atoms with Crippen LogP contribution in [0.5, 0.6) is 11.5 Å². The molecule has 8 heteroatoms. The van der Waals surface area contributed by atoms with E-state index < -0.39 is 15.9 Å². The van der Waals surface area contributed by atoms with E-state index in [1.165, 1.54) is 18.5 Å². The quantitative estimate of drug-likeness (QED) is 0.454. The molecule has 0 unspecified atom stereocenters. The van der Waals surface area contributed by atoms with E-state index in [0.717, 1.165) is 11.1 Å². The van der Waals surface area contributed by atoms with Gasteiger partial charge in [-0.2, -0.15) is 0 Å². The zero-order chi connectivity index (χ0) is 26.0. The van der Waals surface area contributed by atoms with Crippen LogP contribution in [0, 0.1) is 0 Å². The number of carbonyl (C=O) groups excluding carboxylic acids is 1. The van der Waals surface area contributed by atoms with Gasteiger partial charge in [-0.3, -0.25) is 9.10 Å². The number of nitrogens with one attached hydrogen (secondary N) is 1. The molecule has 0 aliphatic carbocycles. The van der Waals surface area contributed by atoms with Gasteiger partial charge in [0.1, 0.15) is 0 Å². The van der Waals surface area contributed by atoms with Crippen LogP contribution in [-0.2, 0) is 21.4 Å².